The number of benzene rings is 1. The normalized spacial score (nSPS) is 10.8. The highest BCUT2D eigenvalue weighted by Gasteiger charge is 2.11. The first-order valence-corrected chi connectivity index (χ1v) is 3.73. The van der Waals surface area contributed by atoms with E-state index in [2.05, 4.69) is 0 Å². The first kappa shape index (κ1) is 9.13. The third kappa shape index (κ3) is 1.61. The van der Waals surface area contributed by atoms with Crippen LogP contribution in [0.15, 0.2) is 18.2 Å². The number of alkyl halides is 2. The quantitative estimate of drug-likeness (QED) is 0.726. The minimum atomic E-state index is -2.41. The third-order valence-electron chi connectivity index (χ3n) is 1.94. The highest BCUT2D eigenvalue weighted by atomic mass is 19.3. The van der Waals surface area contributed by atoms with Crippen LogP contribution in [0.3, 0.4) is 0 Å². The second kappa shape index (κ2) is 3.63. The SMILES string of the molecule is Cc1c(CN)cccc1C(F)F. The van der Waals surface area contributed by atoms with E-state index in [1.165, 1.54) is 6.07 Å². The zero-order chi connectivity index (χ0) is 9.14. The molecule has 1 nitrogen and oxygen atoms in total. The number of hydrogen-bond acceptors (Lipinski definition) is 1. The molecule has 0 fully saturated rings. The lowest BCUT2D eigenvalue weighted by molar-refractivity contribution is 0.150. The Balaban J connectivity index is 3.14. The van der Waals surface area contributed by atoms with E-state index >= 15 is 0 Å². The number of hydrogen-bond donors (Lipinski definition) is 1. The van der Waals surface area contributed by atoms with Crippen molar-refractivity contribution in [1.82, 2.24) is 0 Å². The molecular weight excluding hydrogens is 160 g/mol. The molecule has 0 aliphatic heterocycles. The van der Waals surface area contributed by atoms with E-state index in [0.29, 0.717) is 12.1 Å². The summed E-state index contributed by atoms with van der Waals surface area (Å²) in [6.45, 7) is 1.98. The Labute approximate surface area is 70.2 Å². The molecule has 0 saturated heterocycles. The van der Waals surface area contributed by atoms with Crippen LogP contribution < -0.4 is 5.73 Å². The lowest BCUT2D eigenvalue weighted by atomic mass is 10.0. The van der Waals surface area contributed by atoms with Gasteiger partial charge in [-0.15, -0.1) is 0 Å². The van der Waals surface area contributed by atoms with Crippen molar-refractivity contribution in [3.8, 4) is 0 Å². The predicted octanol–water partition coefficient (Wildman–Crippen LogP) is 2.39. The largest absolute Gasteiger partial charge is 0.326 e. The molecule has 0 radical (unpaired) electrons. The van der Waals surface area contributed by atoms with Gasteiger partial charge in [-0.25, -0.2) is 8.78 Å². The highest BCUT2D eigenvalue weighted by molar-refractivity contribution is 5.34. The summed E-state index contributed by atoms with van der Waals surface area (Å²) in [7, 11) is 0. The molecule has 0 unspecified atom stereocenters. The molecule has 0 heterocycles. The molecule has 0 amide bonds. The number of halogens is 2. The molecule has 1 aromatic carbocycles. The summed E-state index contributed by atoms with van der Waals surface area (Å²) in [4.78, 5) is 0. The predicted molar refractivity (Wildman–Crippen MR) is 44.0 cm³/mol. The lowest BCUT2D eigenvalue weighted by Crippen LogP contribution is -2.01. The molecule has 0 saturated carbocycles. The van der Waals surface area contributed by atoms with Crippen molar-refractivity contribution in [2.24, 2.45) is 5.73 Å². The Morgan fingerprint density at radius 3 is 2.58 bits per heavy atom. The summed E-state index contributed by atoms with van der Waals surface area (Å²) in [5.41, 5.74) is 6.85. The first-order chi connectivity index (χ1) is 5.66. The molecule has 0 spiro atoms. The fourth-order valence-corrected chi connectivity index (χ4v) is 1.16. The smallest absolute Gasteiger partial charge is 0.264 e. The van der Waals surface area contributed by atoms with Gasteiger partial charge in [0.2, 0.25) is 0 Å². The first-order valence-electron chi connectivity index (χ1n) is 3.73. The fourth-order valence-electron chi connectivity index (χ4n) is 1.16. The van der Waals surface area contributed by atoms with Crippen molar-refractivity contribution in [1.29, 1.82) is 0 Å². The molecule has 1 aromatic rings. The van der Waals surface area contributed by atoms with Crippen LogP contribution in [0.5, 0.6) is 0 Å². The van der Waals surface area contributed by atoms with Crippen LogP contribution in [0, 0.1) is 6.92 Å². The number of rotatable bonds is 2. The van der Waals surface area contributed by atoms with Gasteiger partial charge >= 0.3 is 0 Å². The molecule has 12 heavy (non-hydrogen) atoms. The van der Waals surface area contributed by atoms with E-state index in [-0.39, 0.29) is 5.56 Å². The van der Waals surface area contributed by atoms with Crippen molar-refractivity contribution in [3.05, 3.63) is 34.9 Å². The Bertz CT molecular complexity index is 271. The maximum absolute atomic E-state index is 12.3. The van der Waals surface area contributed by atoms with Gasteiger partial charge in [-0.1, -0.05) is 18.2 Å². The average Bonchev–Trinajstić information content (AvgIpc) is 2.04. The van der Waals surface area contributed by atoms with Crippen molar-refractivity contribution in [3.63, 3.8) is 0 Å². The summed E-state index contributed by atoms with van der Waals surface area (Å²) in [5.74, 6) is 0. The Morgan fingerprint density at radius 2 is 2.08 bits per heavy atom. The minimum Gasteiger partial charge on any atom is -0.326 e. The Hall–Kier alpha value is -0.960. The average molecular weight is 171 g/mol. The van der Waals surface area contributed by atoms with Crippen molar-refractivity contribution < 1.29 is 8.78 Å². The molecular formula is C9H11F2N. The van der Waals surface area contributed by atoms with Crippen LogP contribution >= 0.6 is 0 Å². The number of nitrogens with two attached hydrogens (primary N) is 1. The molecule has 0 atom stereocenters. The van der Waals surface area contributed by atoms with Crippen LogP contribution in [0.2, 0.25) is 0 Å². The van der Waals surface area contributed by atoms with Crippen LogP contribution in [-0.2, 0) is 6.54 Å². The lowest BCUT2D eigenvalue weighted by Gasteiger charge is -2.08. The molecule has 1 rings (SSSR count). The van der Waals surface area contributed by atoms with E-state index in [0.717, 1.165) is 5.56 Å². The third-order valence-corrected chi connectivity index (χ3v) is 1.94. The van der Waals surface area contributed by atoms with E-state index in [4.69, 9.17) is 5.73 Å². The molecule has 3 heteroatoms. The second-order valence-electron chi connectivity index (χ2n) is 2.64. The van der Waals surface area contributed by atoms with Gasteiger partial charge in [0, 0.05) is 12.1 Å². The van der Waals surface area contributed by atoms with Gasteiger partial charge in [-0.05, 0) is 18.1 Å². The fraction of sp³-hybridized carbons (Fsp3) is 0.333. The van der Waals surface area contributed by atoms with Gasteiger partial charge in [0.1, 0.15) is 0 Å². The van der Waals surface area contributed by atoms with Gasteiger partial charge < -0.3 is 5.73 Å². The van der Waals surface area contributed by atoms with Gasteiger partial charge in [0.15, 0.2) is 0 Å². The summed E-state index contributed by atoms with van der Waals surface area (Å²) < 4.78 is 24.6. The zero-order valence-electron chi connectivity index (χ0n) is 6.85. The van der Waals surface area contributed by atoms with Gasteiger partial charge in [0.25, 0.3) is 6.43 Å². The topological polar surface area (TPSA) is 26.0 Å². The van der Waals surface area contributed by atoms with Gasteiger partial charge in [0.05, 0.1) is 0 Å². The van der Waals surface area contributed by atoms with Crippen LogP contribution in [0.4, 0.5) is 8.78 Å². The van der Waals surface area contributed by atoms with Crippen LogP contribution in [-0.4, -0.2) is 0 Å². The molecule has 66 valence electrons. The van der Waals surface area contributed by atoms with Crippen LogP contribution in [0.25, 0.3) is 0 Å². The van der Waals surface area contributed by atoms with Crippen molar-refractivity contribution in [2.75, 3.05) is 0 Å². The summed E-state index contributed by atoms with van der Waals surface area (Å²) >= 11 is 0. The van der Waals surface area contributed by atoms with Crippen molar-refractivity contribution >= 4 is 0 Å². The Kier molecular flexibility index (Phi) is 2.76. The Morgan fingerprint density at radius 1 is 1.42 bits per heavy atom. The van der Waals surface area contributed by atoms with Crippen molar-refractivity contribution in [2.45, 2.75) is 19.9 Å². The summed E-state index contributed by atoms with van der Waals surface area (Å²) in [6, 6.07) is 4.80. The highest BCUT2D eigenvalue weighted by Crippen LogP contribution is 2.24. The van der Waals surface area contributed by atoms with Gasteiger partial charge in [-0.3, -0.25) is 0 Å². The molecule has 2 N–H and O–H groups in total. The van der Waals surface area contributed by atoms with E-state index in [1.54, 1.807) is 19.1 Å². The maximum Gasteiger partial charge on any atom is 0.264 e. The standard InChI is InChI=1S/C9H11F2N/c1-6-7(5-12)3-2-4-8(6)9(10)11/h2-4,9H,5,12H2,1H3. The second-order valence-corrected chi connectivity index (χ2v) is 2.64. The summed E-state index contributed by atoms with van der Waals surface area (Å²) in [5, 5.41) is 0. The minimum absolute atomic E-state index is 0.0814. The van der Waals surface area contributed by atoms with Crippen LogP contribution in [0.1, 0.15) is 23.1 Å². The molecule has 0 aromatic heterocycles. The summed E-state index contributed by atoms with van der Waals surface area (Å²) in [6.07, 6.45) is -2.41. The van der Waals surface area contributed by atoms with E-state index < -0.39 is 6.43 Å². The zero-order valence-corrected chi connectivity index (χ0v) is 6.85. The van der Waals surface area contributed by atoms with E-state index in [9.17, 15) is 8.78 Å². The molecule has 0 aliphatic rings. The van der Waals surface area contributed by atoms with E-state index in [1.807, 2.05) is 0 Å². The molecule has 0 bridgehead atoms. The maximum atomic E-state index is 12.3. The molecule has 0 aliphatic carbocycles. The monoisotopic (exact) mass is 171 g/mol. The van der Waals surface area contributed by atoms with Gasteiger partial charge in [-0.2, -0.15) is 0 Å².